The number of nitrogens with zero attached hydrogens (tertiary/aromatic N) is 2. The van der Waals surface area contributed by atoms with Crippen LogP contribution in [0, 0.1) is 5.92 Å². The van der Waals surface area contributed by atoms with Crippen molar-refractivity contribution < 1.29 is 0 Å². The molecule has 166 valence electrons. The molecule has 3 aromatic rings. The first-order chi connectivity index (χ1) is 14.7. The number of rotatable bonds is 6. The number of hydrogen-bond acceptors (Lipinski definition) is 4. The highest BCUT2D eigenvalue weighted by atomic mass is 32.2. The number of hydrogen-bond donors (Lipinski definition) is 0. The monoisotopic (exact) mass is 454 g/mol. The molecule has 0 radical (unpaired) electrons. The molecule has 0 saturated heterocycles. The van der Waals surface area contributed by atoms with Gasteiger partial charge in [-0.3, -0.25) is 9.36 Å². The Bertz CT molecular complexity index is 1120. The van der Waals surface area contributed by atoms with Crippen molar-refractivity contribution in [3.05, 3.63) is 56.2 Å². The zero-order valence-corrected chi connectivity index (χ0v) is 21.1. The van der Waals surface area contributed by atoms with Crippen LogP contribution in [-0.4, -0.2) is 9.55 Å². The fourth-order valence-corrected chi connectivity index (χ4v) is 6.45. The largest absolute Gasteiger partial charge is 0.287 e. The van der Waals surface area contributed by atoms with Crippen molar-refractivity contribution in [1.29, 1.82) is 0 Å². The van der Waals surface area contributed by atoms with Crippen LogP contribution >= 0.6 is 23.1 Å². The van der Waals surface area contributed by atoms with Crippen molar-refractivity contribution in [3.63, 3.8) is 0 Å². The summed E-state index contributed by atoms with van der Waals surface area (Å²) < 4.78 is 1.96. The van der Waals surface area contributed by atoms with E-state index in [1.165, 1.54) is 34.4 Å². The molecule has 4 rings (SSSR count). The molecular weight excluding hydrogens is 420 g/mol. The topological polar surface area (TPSA) is 34.9 Å². The Morgan fingerprint density at radius 2 is 1.84 bits per heavy atom. The third-order valence-corrected chi connectivity index (χ3v) is 8.39. The van der Waals surface area contributed by atoms with Crippen molar-refractivity contribution in [2.75, 3.05) is 0 Å². The molecule has 5 heteroatoms. The summed E-state index contributed by atoms with van der Waals surface area (Å²) in [5.41, 5.74) is 4.24. The van der Waals surface area contributed by atoms with Gasteiger partial charge < -0.3 is 0 Å². The van der Waals surface area contributed by atoms with Crippen LogP contribution in [0.15, 0.2) is 34.2 Å². The van der Waals surface area contributed by atoms with E-state index in [1.54, 1.807) is 23.1 Å². The molecule has 0 unspecified atom stereocenters. The summed E-state index contributed by atoms with van der Waals surface area (Å²) in [5, 5.41) is 1.78. The third-order valence-electron chi connectivity index (χ3n) is 6.16. The molecule has 0 fully saturated rings. The molecule has 2 heterocycles. The van der Waals surface area contributed by atoms with Crippen LogP contribution in [0.3, 0.4) is 0 Å². The fraction of sp³-hybridized carbons (Fsp3) is 0.538. The van der Waals surface area contributed by atoms with E-state index in [1.807, 2.05) is 4.57 Å². The molecule has 31 heavy (non-hydrogen) atoms. The molecule has 0 atom stereocenters. The Hall–Kier alpha value is -1.59. The van der Waals surface area contributed by atoms with Crippen LogP contribution in [0.1, 0.15) is 75.4 Å². The Morgan fingerprint density at radius 3 is 2.52 bits per heavy atom. The molecule has 1 aromatic carbocycles. The molecular formula is C26H34N2OS2. The number of benzene rings is 1. The molecule has 2 aromatic heterocycles. The predicted octanol–water partition coefficient (Wildman–Crippen LogP) is 6.97. The van der Waals surface area contributed by atoms with E-state index >= 15 is 0 Å². The van der Waals surface area contributed by atoms with Gasteiger partial charge in [-0.2, -0.15) is 0 Å². The van der Waals surface area contributed by atoms with E-state index in [4.69, 9.17) is 4.98 Å². The number of aromatic nitrogens is 2. The van der Waals surface area contributed by atoms with E-state index in [2.05, 4.69) is 58.9 Å². The average Bonchev–Trinajstić information content (AvgIpc) is 3.09. The Morgan fingerprint density at radius 1 is 1.13 bits per heavy atom. The van der Waals surface area contributed by atoms with Gasteiger partial charge in [0.1, 0.15) is 4.83 Å². The summed E-state index contributed by atoms with van der Waals surface area (Å²) in [6, 6.07) is 8.89. The van der Waals surface area contributed by atoms with Gasteiger partial charge >= 0.3 is 0 Å². The van der Waals surface area contributed by atoms with Gasteiger partial charge in [0.2, 0.25) is 0 Å². The quantitative estimate of drug-likeness (QED) is 0.298. The van der Waals surface area contributed by atoms with Crippen LogP contribution in [-0.2, 0) is 30.6 Å². The summed E-state index contributed by atoms with van der Waals surface area (Å²) in [6.07, 6.45) is 5.54. The summed E-state index contributed by atoms with van der Waals surface area (Å²) in [6.45, 7) is 11.9. The first-order valence-corrected chi connectivity index (χ1v) is 13.3. The molecule has 0 spiro atoms. The lowest BCUT2D eigenvalue weighted by Gasteiger charge is -2.19. The lowest BCUT2D eigenvalue weighted by atomic mass is 9.87. The van der Waals surface area contributed by atoms with Gasteiger partial charge in [-0.05, 0) is 60.1 Å². The maximum Gasteiger partial charge on any atom is 0.263 e. The number of thiophene rings is 1. The van der Waals surface area contributed by atoms with Gasteiger partial charge in [0.25, 0.3) is 5.56 Å². The molecule has 3 nitrogen and oxygen atoms in total. The van der Waals surface area contributed by atoms with Crippen LogP contribution in [0.4, 0.5) is 0 Å². The van der Waals surface area contributed by atoms with E-state index in [0.717, 1.165) is 46.9 Å². The van der Waals surface area contributed by atoms with Crippen LogP contribution < -0.4 is 5.56 Å². The Balaban J connectivity index is 1.66. The standard InChI is InChI=1S/C26H34N2OS2/c1-17(2)14-15-28-24(29)22-20-8-6-7-9-21(20)31-23(22)27-25(28)30-16-18-10-12-19(13-11-18)26(3,4)5/h10-13,17H,6-9,14-16H2,1-5H3. The highest BCUT2D eigenvalue weighted by Crippen LogP contribution is 2.35. The van der Waals surface area contributed by atoms with Crippen molar-refractivity contribution in [2.45, 2.75) is 89.6 Å². The second kappa shape index (κ2) is 9.11. The van der Waals surface area contributed by atoms with Crippen LogP contribution in [0.2, 0.25) is 0 Å². The summed E-state index contributed by atoms with van der Waals surface area (Å²) >= 11 is 3.45. The predicted molar refractivity (Wildman–Crippen MR) is 135 cm³/mol. The van der Waals surface area contributed by atoms with Crippen molar-refractivity contribution in [2.24, 2.45) is 5.92 Å². The Labute approximate surface area is 194 Å². The van der Waals surface area contributed by atoms with E-state index in [0.29, 0.717) is 5.92 Å². The summed E-state index contributed by atoms with van der Waals surface area (Å²) in [5.74, 6) is 1.39. The highest BCUT2D eigenvalue weighted by Gasteiger charge is 2.22. The second-order valence-electron chi connectivity index (χ2n) is 10.2. The van der Waals surface area contributed by atoms with E-state index < -0.39 is 0 Å². The highest BCUT2D eigenvalue weighted by molar-refractivity contribution is 7.98. The zero-order chi connectivity index (χ0) is 22.2. The SMILES string of the molecule is CC(C)CCn1c(SCc2ccc(C(C)(C)C)cc2)nc2sc3c(c2c1=O)CCCC3. The lowest BCUT2D eigenvalue weighted by Crippen LogP contribution is -2.24. The maximum absolute atomic E-state index is 13.6. The summed E-state index contributed by atoms with van der Waals surface area (Å²) in [7, 11) is 0. The minimum atomic E-state index is 0.161. The fourth-order valence-electron chi connectivity index (χ4n) is 4.16. The molecule has 1 aliphatic carbocycles. The van der Waals surface area contributed by atoms with Gasteiger partial charge in [0.05, 0.1) is 5.39 Å². The van der Waals surface area contributed by atoms with E-state index in [-0.39, 0.29) is 11.0 Å². The lowest BCUT2D eigenvalue weighted by molar-refractivity contribution is 0.481. The number of thioether (sulfide) groups is 1. The van der Waals surface area contributed by atoms with Crippen LogP contribution in [0.25, 0.3) is 10.2 Å². The minimum absolute atomic E-state index is 0.161. The normalized spacial score (nSPS) is 14.4. The molecule has 0 saturated carbocycles. The first-order valence-electron chi connectivity index (χ1n) is 11.5. The van der Waals surface area contributed by atoms with Crippen LogP contribution in [0.5, 0.6) is 0 Å². The zero-order valence-electron chi connectivity index (χ0n) is 19.5. The third kappa shape index (κ3) is 4.93. The van der Waals surface area contributed by atoms with Gasteiger partial charge in [-0.15, -0.1) is 11.3 Å². The molecule has 0 N–H and O–H groups in total. The van der Waals surface area contributed by atoms with Crippen molar-refractivity contribution in [1.82, 2.24) is 9.55 Å². The average molecular weight is 455 g/mol. The second-order valence-corrected chi connectivity index (χ2v) is 12.2. The smallest absolute Gasteiger partial charge is 0.263 e. The van der Waals surface area contributed by atoms with Crippen molar-refractivity contribution >= 4 is 33.3 Å². The van der Waals surface area contributed by atoms with Gasteiger partial charge in [0.15, 0.2) is 5.16 Å². The Kier molecular flexibility index (Phi) is 6.64. The first kappa shape index (κ1) is 22.6. The summed E-state index contributed by atoms with van der Waals surface area (Å²) in [4.78, 5) is 21.0. The van der Waals surface area contributed by atoms with Gasteiger partial charge in [-0.25, -0.2) is 4.98 Å². The number of fused-ring (bicyclic) bond motifs is 3. The minimum Gasteiger partial charge on any atom is -0.287 e. The molecule has 0 bridgehead atoms. The molecule has 1 aliphatic rings. The molecule has 0 aliphatic heterocycles. The van der Waals surface area contributed by atoms with E-state index in [9.17, 15) is 4.79 Å². The van der Waals surface area contributed by atoms with Crippen molar-refractivity contribution in [3.8, 4) is 0 Å². The molecule has 0 amide bonds. The maximum atomic E-state index is 13.6. The van der Waals surface area contributed by atoms with Gasteiger partial charge in [-0.1, -0.05) is 70.6 Å². The van der Waals surface area contributed by atoms with Gasteiger partial charge in [0, 0.05) is 17.2 Å². The number of aryl methyl sites for hydroxylation is 2.